The predicted molar refractivity (Wildman–Crippen MR) is 89.0 cm³/mol. The normalized spacial score (nSPS) is 11.8. The molecule has 0 radical (unpaired) electrons. The van der Waals surface area contributed by atoms with Crippen molar-refractivity contribution >= 4 is 5.97 Å². The van der Waals surface area contributed by atoms with Gasteiger partial charge in [-0.1, -0.05) is 24.3 Å². The number of carbonyl (C=O) groups is 1. The average Bonchev–Trinajstić information content (AvgIpc) is 2.62. The van der Waals surface area contributed by atoms with E-state index < -0.39 is 23.7 Å². The van der Waals surface area contributed by atoms with E-state index in [1.165, 1.54) is 30.3 Å². The van der Waals surface area contributed by atoms with Crippen LogP contribution in [0.4, 0.5) is 8.78 Å². The van der Waals surface area contributed by atoms with Crippen LogP contribution < -0.4 is 0 Å². The Labute approximate surface area is 143 Å². The maximum atomic E-state index is 13.7. The third-order valence-electron chi connectivity index (χ3n) is 3.74. The molecule has 0 N–H and O–H groups in total. The largest absolute Gasteiger partial charge is 0.447 e. The lowest BCUT2D eigenvalue weighted by molar-refractivity contribution is 0.0369. The lowest BCUT2D eigenvalue weighted by Gasteiger charge is -2.18. The lowest BCUT2D eigenvalue weighted by atomic mass is 10.1. The number of pyridine rings is 1. The second-order valence-electron chi connectivity index (χ2n) is 5.56. The summed E-state index contributed by atoms with van der Waals surface area (Å²) in [5, 5.41) is 0. The number of aryl methyl sites for hydroxylation is 1. The van der Waals surface area contributed by atoms with Crippen molar-refractivity contribution in [3.63, 3.8) is 0 Å². The fourth-order valence-electron chi connectivity index (χ4n) is 2.39. The van der Waals surface area contributed by atoms with Gasteiger partial charge < -0.3 is 4.74 Å². The van der Waals surface area contributed by atoms with Crippen molar-refractivity contribution in [2.45, 2.75) is 13.0 Å². The van der Waals surface area contributed by atoms with Gasteiger partial charge in [-0.25, -0.2) is 13.6 Å². The molecular weight excluding hydrogens is 324 g/mol. The molecule has 3 aromatic rings. The maximum absolute atomic E-state index is 13.7. The molecule has 2 aromatic carbocycles. The molecule has 1 atom stereocenters. The predicted octanol–water partition coefficient (Wildman–Crippen LogP) is 4.61. The molecule has 0 fully saturated rings. The molecule has 0 bridgehead atoms. The van der Waals surface area contributed by atoms with Gasteiger partial charge in [-0.05, 0) is 48.9 Å². The number of nitrogens with zero attached hydrogens (tertiary/aromatic N) is 1. The molecule has 3 nitrogen and oxygen atoms in total. The third-order valence-corrected chi connectivity index (χ3v) is 3.74. The SMILES string of the molecule is Cc1ccc(C(=O)OC(c2cccc(F)c2)c2ccccn2)cc1F. The summed E-state index contributed by atoms with van der Waals surface area (Å²) in [6.07, 6.45) is 0.662. The van der Waals surface area contributed by atoms with E-state index in [2.05, 4.69) is 4.98 Å². The number of carbonyl (C=O) groups excluding carboxylic acids is 1. The van der Waals surface area contributed by atoms with Crippen LogP contribution in [0.15, 0.2) is 66.9 Å². The van der Waals surface area contributed by atoms with Crippen molar-refractivity contribution in [2.75, 3.05) is 0 Å². The lowest BCUT2D eigenvalue weighted by Crippen LogP contribution is -2.14. The van der Waals surface area contributed by atoms with Crippen LogP contribution in [0, 0.1) is 18.6 Å². The molecule has 1 aromatic heterocycles. The van der Waals surface area contributed by atoms with Crippen LogP contribution in [0.3, 0.4) is 0 Å². The summed E-state index contributed by atoms with van der Waals surface area (Å²) in [5.41, 5.74) is 1.41. The minimum atomic E-state index is -0.895. The second-order valence-corrected chi connectivity index (χ2v) is 5.56. The second kappa shape index (κ2) is 7.21. The van der Waals surface area contributed by atoms with Crippen LogP contribution in [-0.2, 0) is 4.74 Å². The van der Waals surface area contributed by atoms with Gasteiger partial charge in [0.25, 0.3) is 0 Å². The van der Waals surface area contributed by atoms with Crippen LogP contribution >= 0.6 is 0 Å². The van der Waals surface area contributed by atoms with Crippen molar-refractivity contribution in [2.24, 2.45) is 0 Å². The van der Waals surface area contributed by atoms with E-state index in [1.54, 1.807) is 37.4 Å². The summed E-state index contributed by atoms with van der Waals surface area (Å²) in [4.78, 5) is 16.6. The maximum Gasteiger partial charge on any atom is 0.339 e. The number of hydrogen-bond acceptors (Lipinski definition) is 3. The zero-order valence-electron chi connectivity index (χ0n) is 13.4. The Kier molecular flexibility index (Phi) is 4.84. The third kappa shape index (κ3) is 3.88. The van der Waals surface area contributed by atoms with Crippen LogP contribution in [0.2, 0.25) is 0 Å². The molecule has 0 aliphatic rings. The van der Waals surface area contributed by atoms with Crippen LogP contribution in [-0.4, -0.2) is 11.0 Å². The molecule has 5 heteroatoms. The van der Waals surface area contributed by atoms with E-state index in [1.807, 2.05) is 0 Å². The molecule has 0 saturated heterocycles. The molecule has 1 unspecified atom stereocenters. The first-order valence-electron chi connectivity index (χ1n) is 7.68. The highest BCUT2D eigenvalue weighted by atomic mass is 19.1. The molecule has 3 rings (SSSR count). The summed E-state index contributed by atoms with van der Waals surface area (Å²) in [7, 11) is 0. The number of esters is 1. The van der Waals surface area contributed by atoms with Gasteiger partial charge in [0, 0.05) is 11.8 Å². The first-order chi connectivity index (χ1) is 12.0. The number of halogens is 2. The first kappa shape index (κ1) is 16.8. The first-order valence-corrected chi connectivity index (χ1v) is 7.68. The number of aromatic nitrogens is 1. The minimum Gasteiger partial charge on any atom is -0.447 e. The molecule has 126 valence electrons. The highest BCUT2D eigenvalue weighted by Gasteiger charge is 2.22. The molecule has 0 saturated carbocycles. The molecule has 25 heavy (non-hydrogen) atoms. The number of ether oxygens (including phenoxy) is 1. The zero-order chi connectivity index (χ0) is 17.8. The Morgan fingerprint density at radius 2 is 1.88 bits per heavy atom. The van der Waals surface area contributed by atoms with Crippen molar-refractivity contribution in [3.8, 4) is 0 Å². The smallest absolute Gasteiger partial charge is 0.339 e. The Morgan fingerprint density at radius 1 is 1.04 bits per heavy atom. The number of rotatable bonds is 4. The van der Waals surface area contributed by atoms with Gasteiger partial charge in [0.1, 0.15) is 11.6 Å². The van der Waals surface area contributed by atoms with Gasteiger partial charge in [0.15, 0.2) is 6.10 Å². The molecule has 0 spiro atoms. The fourth-order valence-corrected chi connectivity index (χ4v) is 2.39. The monoisotopic (exact) mass is 339 g/mol. The van der Waals surface area contributed by atoms with E-state index in [9.17, 15) is 13.6 Å². The zero-order valence-corrected chi connectivity index (χ0v) is 13.4. The summed E-state index contributed by atoms with van der Waals surface area (Å²) in [6, 6.07) is 15.0. The van der Waals surface area contributed by atoms with Gasteiger partial charge in [-0.3, -0.25) is 4.98 Å². The van der Waals surface area contributed by atoms with Gasteiger partial charge in [-0.15, -0.1) is 0 Å². The van der Waals surface area contributed by atoms with E-state index in [-0.39, 0.29) is 5.56 Å². The standard InChI is InChI=1S/C20H15F2NO2/c1-13-8-9-15(12-17(13)22)20(24)25-19(18-7-2-3-10-23-18)14-5-4-6-16(21)11-14/h2-12,19H,1H3. The van der Waals surface area contributed by atoms with E-state index in [0.29, 0.717) is 16.8 Å². The molecular formula is C20H15F2NO2. The van der Waals surface area contributed by atoms with Crippen molar-refractivity contribution < 1.29 is 18.3 Å². The number of benzene rings is 2. The van der Waals surface area contributed by atoms with Gasteiger partial charge in [0.05, 0.1) is 11.3 Å². The molecule has 1 heterocycles. The summed E-state index contributed by atoms with van der Waals surface area (Å²) in [5.74, 6) is -1.65. The van der Waals surface area contributed by atoms with Crippen molar-refractivity contribution in [1.29, 1.82) is 0 Å². The Morgan fingerprint density at radius 3 is 2.56 bits per heavy atom. The Balaban J connectivity index is 1.95. The molecule has 0 amide bonds. The van der Waals surface area contributed by atoms with E-state index >= 15 is 0 Å². The summed E-state index contributed by atoms with van der Waals surface area (Å²) < 4.78 is 32.8. The summed E-state index contributed by atoms with van der Waals surface area (Å²) >= 11 is 0. The van der Waals surface area contributed by atoms with Crippen molar-refractivity contribution in [1.82, 2.24) is 4.98 Å². The Hall–Kier alpha value is -3.08. The minimum absolute atomic E-state index is 0.0837. The van der Waals surface area contributed by atoms with Gasteiger partial charge in [0.2, 0.25) is 0 Å². The number of hydrogen-bond donors (Lipinski definition) is 0. The molecule has 0 aliphatic carbocycles. The van der Waals surface area contributed by atoms with Crippen molar-refractivity contribution in [3.05, 3.63) is 101 Å². The van der Waals surface area contributed by atoms with Gasteiger partial charge in [-0.2, -0.15) is 0 Å². The topological polar surface area (TPSA) is 39.2 Å². The van der Waals surface area contributed by atoms with Gasteiger partial charge >= 0.3 is 5.97 Å². The van der Waals surface area contributed by atoms with E-state index in [4.69, 9.17) is 4.74 Å². The fraction of sp³-hybridized carbons (Fsp3) is 0.100. The highest BCUT2D eigenvalue weighted by molar-refractivity contribution is 5.89. The van der Waals surface area contributed by atoms with Crippen LogP contribution in [0.1, 0.15) is 33.3 Å². The van der Waals surface area contributed by atoms with Crippen LogP contribution in [0.5, 0.6) is 0 Å². The summed E-state index contributed by atoms with van der Waals surface area (Å²) in [6.45, 7) is 1.61. The highest BCUT2D eigenvalue weighted by Crippen LogP contribution is 2.26. The Bertz CT molecular complexity index is 897. The average molecular weight is 339 g/mol. The van der Waals surface area contributed by atoms with Crippen LogP contribution in [0.25, 0.3) is 0 Å². The van der Waals surface area contributed by atoms with E-state index in [0.717, 1.165) is 6.07 Å². The molecule has 0 aliphatic heterocycles. The quantitative estimate of drug-likeness (QED) is 0.651.